The maximum atomic E-state index is 12.5. The highest BCUT2D eigenvalue weighted by molar-refractivity contribution is 5.94. The minimum absolute atomic E-state index is 0.171. The molecule has 0 bridgehead atoms. The predicted molar refractivity (Wildman–Crippen MR) is 81.5 cm³/mol. The number of benzene rings is 1. The average molecular weight is 261 g/mol. The summed E-state index contributed by atoms with van der Waals surface area (Å²) in [6, 6.07) is 8.03. The molecule has 2 heteroatoms. The summed E-state index contributed by atoms with van der Waals surface area (Å²) in [5, 5.41) is 0. The maximum absolute atomic E-state index is 12.5. The topological polar surface area (TPSA) is 20.3 Å². The van der Waals surface area contributed by atoms with E-state index >= 15 is 0 Å². The van der Waals surface area contributed by atoms with Crippen molar-refractivity contribution < 1.29 is 4.79 Å². The van der Waals surface area contributed by atoms with Gasteiger partial charge in [0.05, 0.1) is 0 Å². The third-order valence-electron chi connectivity index (χ3n) is 3.37. The van der Waals surface area contributed by atoms with Gasteiger partial charge in [0.15, 0.2) is 0 Å². The zero-order valence-electron chi connectivity index (χ0n) is 12.8. The summed E-state index contributed by atoms with van der Waals surface area (Å²) in [4.78, 5) is 14.5. The molecule has 1 aromatic rings. The van der Waals surface area contributed by atoms with Gasteiger partial charge in [0, 0.05) is 18.7 Å². The smallest absolute Gasteiger partial charge is 0.253 e. The molecule has 1 amide bonds. The van der Waals surface area contributed by atoms with Crippen LogP contribution in [0.25, 0.3) is 0 Å². The van der Waals surface area contributed by atoms with E-state index in [1.54, 1.807) is 0 Å². The average Bonchev–Trinajstić information content (AvgIpc) is 2.42. The van der Waals surface area contributed by atoms with Gasteiger partial charge in [-0.1, -0.05) is 39.8 Å². The molecule has 0 aliphatic heterocycles. The highest BCUT2D eigenvalue weighted by atomic mass is 16.2. The first-order valence-corrected chi connectivity index (χ1v) is 7.46. The van der Waals surface area contributed by atoms with Gasteiger partial charge in [-0.15, -0.1) is 0 Å². The lowest BCUT2D eigenvalue weighted by molar-refractivity contribution is 0.0748. The van der Waals surface area contributed by atoms with Gasteiger partial charge < -0.3 is 4.90 Å². The quantitative estimate of drug-likeness (QED) is 0.722. The van der Waals surface area contributed by atoms with Crippen LogP contribution < -0.4 is 0 Å². The first-order valence-electron chi connectivity index (χ1n) is 7.46. The molecule has 0 aromatic heterocycles. The Balaban J connectivity index is 2.73. The van der Waals surface area contributed by atoms with Crippen LogP contribution in [0.1, 0.15) is 56.5 Å². The van der Waals surface area contributed by atoms with Crippen LogP contribution in [0.15, 0.2) is 24.3 Å². The van der Waals surface area contributed by atoms with Gasteiger partial charge in [-0.3, -0.25) is 4.79 Å². The normalized spacial score (nSPS) is 10.8. The van der Waals surface area contributed by atoms with Crippen molar-refractivity contribution in [2.75, 3.05) is 13.1 Å². The van der Waals surface area contributed by atoms with E-state index in [9.17, 15) is 4.79 Å². The van der Waals surface area contributed by atoms with Crippen LogP contribution in [0, 0.1) is 5.92 Å². The predicted octanol–water partition coefficient (Wildman–Crippen LogP) is 4.15. The molecule has 1 rings (SSSR count). The van der Waals surface area contributed by atoms with E-state index in [1.165, 1.54) is 5.56 Å². The molecule has 0 spiro atoms. The summed E-state index contributed by atoms with van der Waals surface area (Å²) in [5.74, 6) is 0.805. The molecule has 0 unspecified atom stereocenters. The van der Waals surface area contributed by atoms with Crippen molar-refractivity contribution in [3.8, 4) is 0 Å². The van der Waals surface area contributed by atoms with Gasteiger partial charge in [0.2, 0.25) is 0 Å². The lowest BCUT2D eigenvalue weighted by atomic mass is 10.1. The second-order valence-electron chi connectivity index (χ2n) is 5.53. The van der Waals surface area contributed by atoms with Gasteiger partial charge in [0.25, 0.3) is 5.91 Å². The second-order valence-corrected chi connectivity index (χ2v) is 5.53. The van der Waals surface area contributed by atoms with Crippen LogP contribution in [-0.2, 0) is 6.42 Å². The second kappa shape index (κ2) is 7.98. The van der Waals surface area contributed by atoms with Crippen LogP contribution in [0.2, 0.25) is 0 Å². The van der Waals surface area contributed by atoms with Crippen molar-refractivity contribution in [2.45, 2.75) is 47.0 Å². The van der Waals surface area contributed by atoms with E-state index in [1.807, 2.05) is 17.0 Å². The Kier molecular flexibility index (Phi) is 6.61. The number of aryl methyl sites for hydroxylation is 1. The molecule has 0 N–H and O–H groups in total. The largest absolute Gasteiger partial charge is 0.339 e. The Bertz CT molecular complexity index is 381. The number of hydrogen-bond donors (Lipinski definition) is 0. The fourth-order valence-electron chi connectivity index (χ4n) is 2.06. The number of carbonyl (C=O) groups is 1. The Morgan fingerprint density at radius 1 is 1.11 bits per heavy atom. The SMILES string of the molecule is CCCN(CCC(C)C)C(=O)c1ccc(CC)cc1. The van der Waals surface area contributed by atoms with Gasteiger partial charge in [-0.2, -0.15) is 0 Å². The first kappa shape index (κ1) is 15.7. The fourth-order valence-corrected chi connectivity index (χ4v) is 2.06. The van der Waals surface area contributed by atoms with Crippen LogP contribution in [0.5, 0.6) is 0 Å². The summed E-state index contributed by atoms with van der Waals surface area (Å²) >= 11 is 0. The van der Waals surface area contributed by atoms with Crippen molar-refractivity contribution >= 4 is 5.91 Å². The van der Waals surface area contributed by atoms with E-state index in [4.69, 9.17) is 0 Å². The molecule has 0 aliphatic rings. The van der Waals surface area contributed by atoms with Gasteiger partial charge in [-0.05, 0) is 42.9 Å². The van der Waals surface area contributed by atoms with Crippen LogP contribution in [0.3, 0.4) is 0 Å². The minimum Gasteiger partial charge on any atom is -0.339 e. The lowest BCUT2D eigenvalue weighted by Gasteiger charge is -2.23. The summed E-state index contributed by atoms with van der Waals surface area (Å²) in [6.07, 6.45) is 3.09. The van der Waals surface area contributed by atoms with E-state index in [0.717, 1.165) is 37.9 Å². The number of carbonyl (C=O) groups excluding carboxylic acids is 1. The van der Waals surface area contributed by atoms with Crippen LogP contribution in [0.4, 0.5) is 0 Å². The Labute approximate surface area is 117 Å². The van der Waals surface area contributed by atoms with Gasteiger partial charge in [-0.25, -0.2) is 0 Å². The molecule has 0 aliphatic carbocycles. The van der Waals surface area contributed by atoms with Crippen molar-refractivity contribution in [3.05, 3.63) is 35.4 Å². The Morgan fingerprint density at radius 3 is 2.21 bits per heavy atom. The van der Waals surface area contributed by atoms with Gasteiger partial charge in [0.1, 0.15) is 0 Å². The zero-order chi connectivity index (χ0) is 14.3. The number of rotatable bonds is 7. The highest BCUT2D eigenvalue weighted by Gasteiger charge is 2.14. The summed E-state index contributed by atoms with van der Waals surface area (Å²) in [6.45, 7) is 10.4. The summed E-state index contributed by atoms with van der Waals surface area (Å²) in [5.41, 5.74) is 2.09. The Morgan fingerprint density at radius 2 is 1.74 bits per heavy atom. The number of hydrogen-bond acceptors (Lipinski definition) is 1. The fraction of sp³-hybridized carbons (Fsp3) is 0.588. The molecule has 106 valence electrons. The molecular weight excluding hydrogens is 234 g/mol. The molecular formula is C17H27NO. The number of nitrogens with zero attached hydrogens (tertiary/aromatic N) is 1. The first-order chi connectivity index (χ1) is 9.08. The van der Waals surface area contributed by atoms with Crippen LogP contribution in [-0.4, -0.2) is 23.9 Å². The molecule has 0 atom stereocenters. The minimum atomic E-state index is 0.171. The van der Waals surface area contributed by atoms with Crippen molar-refractivity contribution in [2.24, 2.45) is 5.92 Å². The molecule has 0 fully saturated rings. The molecule has 0 heterocycles. The molecule has 2 nitrogen and oxygen atoms in total. The molecule has 0 radical (unpaired) electrons. The Hall–Kier alpha value is -1.31. The van der Waals surface area contributed by atoms with Crippen LogP contribution >= 0.6 is 0 Å². The summed E-state index contributed by atoms with van der Waals surface area (Å²) < 4.78 is 0. The molecule has 0 saturated carbocycles. The third-order valence-corrected chi connectivity index (χ3v) is 3.37. The lowest BCUT2D eigenvalue weighted by Crippen LogP contribution is -2.33. The van der Waals surface area contributed by atoms with Crippen molar-refractivity contribution in [3.63, 3.8) is 0 Å². The van der Waals surface area contributed by atoms with E-state index in [2.05, 4.69) is 39.8 Å². The van der Waals surface area contributed by atoms with Gasteiger partial charge >= 0.3 is 0 Å². The van der Waals surface area contributed by atoms with E-state index < -0.39 is 0 Å². The summed E-state index contributed by atoms with van der Waals surface area (Å²) in [7, 11) is 0. The van der Waals surface area contributed by atoms with E-state index in [0.29, 0.717) is 5.92 Å². The zero-order valence-corrected chi connectivity index (χ0v) is 12.8. The van der Waals surface area contributed by atoms with E-state index in [-0.39, 0.29) is 5.91 Å². The molecule has 1 aromatic carbocycles. The third kappa shape index (κ3) is 5.06. The molecule has 19 heavy (non-hydrogen) atoms. The maximum Gasteiger partial charge on any atom is 0.253 e. The highest BCUT2D eigenvalue weighted by Crippen LogP contribution is 2.11. The van der Waals surface area contributed by atoms with Crippen molar-refractivity contribution in [1.82, 2.24) is 4.90 Å². The molecule has 0 saturated heterocycles. The van der Waals surface area contributed by atoms with Crippen molar-refractivity contribution in [1.29, 1.82) is 0 Å². The number of amides is 1. The monoisotopic (exact) mass is 261 g/mol. The standard InChI is InChI=1S/C17H27NO/c1-5-12-18(13-11-14(3)4)17(19)16-9-7-15(6-2)8-10-16/h7-10,14H,5-6,11-13H2,1-4H3.